The Hall–Kier alpha value is -2.07. The molecule has 0 amide bonds. The van der Waals surface area contributed by atoms with E-state index in [4.69, 9.17) is 4.74 Å². The molecule has 0 aromatic carbocycles. The van der Waals surface area contributed by atoms with Crippen molar-refractivity contribution in [2.75, 3.05) is 12.4 Å². The molecule has 1 aromatic rings. The maximum atomic E-state index is 12.2. The quantitative estimate of drug-likeness (QED) is 0.874. The van der Waals surface area contributed by atoms with E-state index in [0.717, 1.165) is 17.4 Å². The molecule has 0 bridgehead atoms. The van der Waals surface area contributed by atoms with Gasteiger partial charge in [-0.1, -0.05) is 20.8 Å². The van der Waals surface area contributed by atoms with Crippen LogP contribution in [0.2, 0.25) is 0 Å². The van der Waals surface area contributed by atoms with Crippen LogP contribution < -0.4 is 16.6 Å². The van der Waals surface area contributed by atoms with Crippen molar-refractivity contribution in [1.82, 2.24) is 9.13 Å². The van der Waals surface area contributed by atoms with E-state index < -0.39 is 11.2 Å². The summed E-state index contributed by atoms with van der Waals surface area (Å²) in [6.45, 7) is 6.31. The molecule has 1 aliphatic rings. The highest BCUT2D eigenvalue weighted by atomic mass is 16.5. The van der Waals surface area contributed by atoms with Gasteiger partial charge in [-0.2, -0.15) is 5.26 Å². The van der Waals surface area contributed by atoms with Crippen molar-refractivity contribution in [2.24, 2.45) is 25.4 Å². The average molecular weight is 334 g/mol. The Labute approximate surface area is 141 Å². The second-order valence-corrected chi connectivity index (χ2v) is 6.62. The fourth-order valence-electron chi connectivity index (χ4n) is 4.36. The lowest BCUT2D eigenvalue weighted by molar-refractivity contribution is -0.150. The molecule has 1 aliphatic carbocycles. The maximum Gasteiger partial charge on any atom is 0.332 e. The van der Waals surface area contributed by atoms with Crippen LogP contribution in [-0.4, -0.2) is 28.4 Å². The molecule has 7 nitrogen and oxygen atoms in total. The van der Waals surface area contributed by atoms with Gasteiger partial charge in [-0.05, 0) is 12.8 Å². The smallest absolute Gasteiger partial charge is 0.332 e. The summed E-state index contributed by atoms with van der Waals surface area (Å²) in [4.78, 5) is 24.5. The van der Waals surface area contributed by atoms with Gasteiger partial charge in [-0.15, -0.1) is 0 Å². The van der Waals surface area contributed by atoms with Crippen LogP contribution in [0.3, 0.4) is 0 Å². The number of nitrogens with zero attached hydrogens (tertiary/aromatic N) is 3. The number of hydrogen-bond donors (Lipinski definition) is 1. The van der Waals surface area contributed by atoms with E-state index >= 15 is 0 Å². The largest absolute Gasteiger partial charge is 0.380 e. The predicted octanol–water partition coefficient (Wildman–Crippen LogP) is 1.21. The minimum absolute atomic E-state index is 0.0299. The Kier molecular flexibility index (Phi) is 4.90. The summed E-state index contributed by atoms with van der Waals surface area (Å²) in [7, 11) is 4.67. The Morgan fingerprint density at radius 2 is 1.83 bits per heavy atom. The van der Waals surface area contributed by atoms with Crippen LogP contribution in [0, 0.1) is 22.7 Å². The minimum atomic E-state index is -0.572. The van der Waals surface area contributed by atoms with Gasteiger partial charge in [0.25, 0.3) is 5.56 Å². The van der Waals surface area contributed by atoms with Gasteiger partial charge < -0.3 is 10.1 Å². The number of anilines is 1. The predicted molar refractivity (Wildman–Crippen MR) is 92.0 cm³/mol. The number of aromatic nitrogens is 2. The van der Waals surface area contributed by atoms with Crippen molar-refractivity contribution in [3.8, 4) is 6.07 Å². The van der Waals surface area contributed by atoms with E-state index in [1.807, 2.05) is 6.07 Å². The van der Waals surface area contributed by atoms with E-state index in [2.05, 4.69) is 26.1 Å². The number of ether oxygens (including phenoxy) is 1. The number of nitriles is 1. The van der Waals surface area contributed by atoms with Crippen molar-refractivity contribution in [3.63, 3.8) is 0 Å². The van der Waals surface area contributed by atoms with Crippen LogP contribution in [0.1, 0.15) is 39.2 Å². The molecule has 0 aliphatic heterocycles. The molecule has 1 aromatic heterocycles. The van der Waals surface area contributed by atoms with Gasteiger partial charge in [0.2, 0.25) is 0 Å². The van der Waals surface area contributed by atoms with E-state index in [9.17, 15) is 14.9 Å². The first kappa shape index (κ1) is 18.3. The molecule has 2 rings (SSSR count). The Balaban J connectivity index is 2.55. The monoisotopic (exact) mass is 334 g/mol. The molecular weight excluding hydrogens is 308 g/mol. The molecule has 1 heterocycles. The summed E-state index contributed by atoms with van der Waals surface area (Å²) in [5.74, 6) is 0.504. The third-order valence-electron chi connectivity index (χ3n) is 5.83. The van der Waals surface area contributed by atoms with Gasteiger partial charge in [0, 0.05) is 38.6 Å². The molecule has 1 fully saturated rings. The molecule has 0 spiro atoms. The highest BCUT2D eigenvalue weighted by Crippen LogP contribution is 2.53. The topological polar surface area (TPSA) is 89.0 Å². The summed E-state index contributed by atoms with van der Waals surface area (Å²) in [5.41, 5.74) is -1.14. The van der Waals surface area contributed by atoms with E-state index in [1.54, 1.807) is 14.2 Å². The zero-order valence-electron chi connectivity index (χ0n) is 15.2. The van der Waals surface area contributed by atoms with Crippen LogP contribution in [0.5, 0.6) is 0 Å². The molecule has 7 heteroatoms. The highest BCUT2D eigenvalue weighted by molar-refractivity contribution is 5.53. The van der Waals surface area contributed by atoms with E-state index in [-0.39, 0.29) is 29.0 Å². The first-order chi connectivity index (χ1) is 11.3. The summed E-state index contributed by atoms with van der Waals surface area (Å²) in [6.07, 6.45) is 1.93. The zero-order chi connectivity index (χ0) is 18.2. The Morgan fingerprint density at radius 3 is 2.29 bits per heavy atom. The van der Waals surface area contributed by atoms with E-state index in [1.165, 1.54) is 11.6 Å². The first-order valence-corrected chi connectivity index (χ1v) is 8.30. The van der Waals surface area contributed by atoms with Crippen LogP contribution in [-0.2, 0) is 18.8 Å². The standard InChI is InChI=1S/C17H26N4O3/c1-7-17(8-2)12(10(3)13(17)24-6)19-14-11(9-18)15(22)21(5)16(23)20(14)4/h10,12-13,19H,7-8H2,1-6H3/t10-,12+,13-/m0/s1. The molecule has 3 atom stereocenters. The van der Waals surface area contributed by atoms with E-state index in [0.29, 0.717) is 5.82 Å². The average Bonchev–Trinajstić information content (AvgIpc) is 2.59. The third kappa shape index (κ3) is 2.28. The fraction of sp³-hybridized carbons (Fsp3) is 0.706. The lowest BCUT2D eigenvalue weighted by atomic mass is 9.53. The highest BCUT2D eigenvalue weighted by Gasteiger charge is 2.58. The SMILES string of the molecule is CCC1(CC)[C@H](Nc2c(C#N)c(=O)n(C)c(=O)n2C)[C@H](C)[C@@H]1OC. The van der Waals surface area contributed by atoms with Crippen molar-refractivity contribution in [1.29, 1.82) is 5.26 Å². The van der Waals surface area contributed by atoms with Crippen LogP contribution in [0.15, 0.2) is 9.59 Å². The lowest BCUT2D eigenvalue weighted by Gasteiger charge is -2.60. The second kappa shape index (κ2) is 6.44. The lowest BCUT2D eigenvalue weighted by Crippen LogP contribution is -2.67. The molecular formula is C17H26N4O3. The summed E-state index contributed by atoms with van der Waals surface area (Å²) < 4.78 is 7.97. The summed E-state index contributed by atoms with van der Waals surface area (Å²) >= 11 is 0. The number of hydrogen-bond acceptors (Lipinski definition) is 5. The first-order valence-electron chi connectivity index (χ1n) is 8.30. The molecule has 1 saturated carbocycles. The van der Waals surface area contributed by atoms with Gasteiger partial charge in [-0.25, -0.2) is 4.79 Å². The van der Waals surface area contributed by atoms with Crippen LogP contribution in [0.25, 0.3) is 0 Å². The van der Waals surface area contributed by atoms with Gasteiger partial charge >= 0.3 is 5.69 Å². The number of rotatable bonds is 5. The molecule has 0 unspecified atom stereocenters. The number of nitrogens with one attached hydrogen (secondary N) is 1. The van der Waals surface area contributed by atoms with Gasteiger partial charge in [0.1, 0.15) is 11.9 Å². The molecule has 0 saturated heterocycles. The molecule has 0 radical (unpaired) electrons. The molecule has 1 N–H and O–H groups in total. The van der Waals surface area contributed by atoms with Crippen LogP contribution >= 0.6 is 0 Å². The van der Waals surface area contributed by atoms with Crippen molar-refractivity contribution < 1.29 is 4.74 Å². The third-order valence-corrected chi connectivity index (χ3v) is 5.83. The molecule has 132 valence electrons. The van der Waals surface area contributed by atoms with Gasteiger partial charge in [0.05, 0.1) is 6.10 Å². The van der Waals surface area contributed by atoms with Gasteiger partial charge in [0.15, 0.2) is 5.56 Å². The molecule has 24 heavy (non-hydrogen) atoms. The normalized spacial score (nSPS) is 25.0. The Bertz CT molecular complexity index is 783. The van der Waals surface area contributed by atoms with Crippen molar-refractivity contribution in [2.45, 2.75) is 45.8 Å². The van der Waals surface area contributed by atoms with Crippen molar-refractivity contribution >= 4 is 5.82 Å². The zero-order valence-corrected chi connectivity index (χ0v) is 15.2. The van der Waals surface area contributed by atoms with Crippen LogP contribution in [0.4, 0.5) is 5.82 Å². The minimum Gasteiger partial charge on any atom is -0.380 e. The van der Waals surface area contributed by atoms with Gasteiger partial charge in [-0.3, -0.25) is 13.9 Å². The summed E-state index contributed by atoms with van der Waals surface area (Å²) in [6, 6.07) is 1.97. The maximum absolute atomic E-state index is 12.2. The fourth-order valence-corrected chi connectivity index (χ4v) is 4.36. The van der Waals surface area contributed by atoms with Crippen molar-refractivity contribution in [3.05, 3.63) is 26.4 Å². The number of methoxy groups -OCH3 is 1. The summed E-state index contributed by atoms with van der Waals surface area (Å²) in [5, 5.41) is 12.7. The Morgan fingerprint density at radius 1 is 1.25 bits per heavy atom. The second-order valence-electron chi connectivity index (χ2n) is 6.62.